The van der Waals surface area contributed by atoms with E-state index in [4.69, 9.17) is 4.74 Å². The summed E-state index contributed by atoms with van der Waals surface area (Å²) in [5, 5.41) is 3.54. The van der Waals surface area contributed by atoms with Crippen LogP contribution >= 0.6 is 0 Å². The van der Waals surface area contributed by atoms with E-state index in [0.717, 1.165) is 13.1 Å². The maximum atomic E-state index is 5.54. The van der Waals surface area contributed by atoms with E-state index in [-0.39, 0.29) is 5.54 Å². The zero-order chi connectivity index (χ0) is 12.9. The van der Waals surface area contributed by atoms with Gasteiger partial charge in [-0.05, 0) is 59.2 Å². The van der Waals surface area contributed by atoms with Gasteiger partial charge in [-0.1, -0.05) is 6.92 Å². The van der Waals surface area contributed by atoms with E-state index >= 15 is 0 Å². The smallest absolute Gasteiger partial charge is 0.0724 e. The van der Waals surface area contributed by atoms with Crippen molar-refractivity contribution in [1.82, 2.24) is 10.2 Å². The van der Waals surface area contributed by atoms with Crippen molar-refractivity contribution >= 4 is 0 Å². The zero-order valence-corrected chi connectivity index (χ0v) is 12.3. The van der Waals surface area contributed by atoms with Crippen molar-refractivity contribution < 1.29 is 4.74 Å². The summed E-state index contributed by atoms with van der Waals surface area (Å²) in [7, 11) is 1.84. The number of nitrogens with one attached hydrogen (secondary N) is 1. The van der Waals surface area contributed by atoms with Gasteiger partial charge in [0.1, 0.15) is 0 Å². The van der Waals surface area contributed by atoms with Crippen molar-refractivity contribution in [2.75, 3.05) is 33.3 Å². The molecule has 1 aliphatic heterocycles. The molecule has 17 heavy (non-hydrogen) atoms. The maximum Gasteiger partial charge on any atom is 0.0724 e. The Morgan fingerprint density at radius 1 is 1.35 bits per heavy atom. The van der Waals surface area contributed by atoms with Crippen LogP contribution in [0.5, 0.6) is 0 Å². The molecular formula is C14H30N2O. The number of methoxy groups -OCH3 is 1. The highest BCUT2D eigenvalue weighted by Crippen LogP contribution is 2.19. The van der Waals surface area contributed by atoms with E-state index in [0.29, 0.717) is 12.0 Å². The van der Waals surface area contributed by atoms with Gasteiger partial charge in [0, 0.05) is 19.2 Å². The van der Waals surface area contributed by atoms with Crippen LogP contribution in [-0.4, -0.2) is 49.8 Å². The van der Waals surface area contributed by atoms with Crippen LogP contribution in [0.15, 0.2) is 0 Å². The second-order valence-corrected chi connectivity index (χ2v) is 6.37. The number of likely N-dealkylation sites (tertiary alicyclic amines) is 1. The quantitative estimate of drug-likeness (QED) is 0.747. The van der Waals surface area contributed by atoms with Gasteiger partial charge in [-0.3, -0.25) is 0 Å². The first kappa shape index (κ1) is 14.9. The molecule has 0 bridgehead atoms. The molecule has 0 aromatic carbocycles. The fraction of sp³-hybridized carbons (Fsp3) is 1.00. The molecule has 1 fully saturated rings. The molecular weight excluding hydrogens is 212 g/mol. The lowest BCUT2D eigenvalue weighted by Gasteiger charge is -2.36. The van der Waals surface area contributed by atoms with Crippen LogP contribution in [0.4, 0.5) is 0 Å². The molecule has 2 atom stereocenters. The second-order valence-electron chi connectivity index (χ2n) is 6.37. The average molecular weight is 242 g/mol. The van der Waals surface area contributed by atoms with Gasteiger partial charge in [-0.2, -0.15) is 0 Å². The molecule has 1 aliphatic rings. The van der Waals surface area contributed by atoms with Crippen LogP contribution in [0.3, 0.4) is 0 Å². The summed E-state index contributed by atoms with van der Waals surface area (Å²) in [5.74, 6) is 0.712. The van der Waals surface area contributed by atoms with Gasteiger partial charge in [0.15, 0.2) is 0 Å². The largest absolute Gasteiger partial charge is 0.380 e. The Morgan fingerprint density at radius 3 is 2.65 bits per heavy atom. The first-order valence-corrected chi connectivity index (χ1v) is 6.92. The molecule has 0 radical (unpaired) electrons. The lowest BCUT2D eigenvalue weighted by atomic mass is 9.96. The van der Waals surface area contributed by atoms with Crippen molar-refractivity contribution in [2.24, 2.45) is 5.92 Å². The Morgan fingerprint density at radius 2 is 2.06 bits per heavy atom. The van der Waals surface area contributed by atoms with Gasteiger partial charge in [0.25, 0.3) is 0 Å². The number of hydrogen-bond donors (Lipinski definition) is 1. The number of hydrogen-bond acceptors (Lipinski definition) is 3. The van der Waals surface area contributed by atoms with E-state index in [9.17, 15) is 0 Å². The van der Waals surface area contributed by atoms with Gasteiger partial charge in [0.05, 0.1) is 6.10 Å². The van der Waals surface area contributed by atoms with Crippen LogP contribution in [0.2, 0.25) is 0 Å². The number of rotatable bonds is 5. The Bertz CT molecular complexity index is 213. The molecule has 1 N–H and O–H groups in total. The standard InChI is InChI=1S/C14H30N2O/c1-12-7-10-16(11-13(12)17-5)9-6-8-15-14(2,3)4/h12-13,15H,6-11H2,1-5H3. The van der Waals surface area contributed by atoms with E-state index in [2.05, 4.69) is 37.9 Å². The van der Waals surface area contributed by atoms with Gasteiger partial charge in [0.2, 0.25) is 0 Å². The van der Waals surface area contributed by atoms with Gasteiger partial charge < -0.3 is 15.0 Å². The highest BCUT2D eigenvalue weighted by Gasteiger charge is 2.25. The molecule has 2 unspecified atom stereocenters. The minimum Gasteiger partial charge on any atom is -0.380 e. The SMILES string of the molecule is COC1CN(CCCNC(C)(C)C)CCC1C. The molecule has 0 amide bonds. The molecule has 1 heterocycles. The lowest BCUT2D eigenvalue weighted by Crippen LogP contribution is -2.45. The number of ether oxygens (including phenoxy) is 1. The fourth-order valence-corrected chi connectivity index (χ4v) is 2.37. The monoisotopic (exact) mass is 242 g/mol. The first-order chi connectivity index (χ1) is 7.92. The molecule has 1 rings (SSSR count). The fourth-order valence-electron chi connectivity index (χ4n) is 2.37. The second kappa shape index (κ2) is 6.72. The summed E-state index contributed by atoms with van der Waals surface area (Å²) in [5.41, 5.74) is 0.242. The summed E-state index contributed by atoms with van der Waals surface area (Å²) in [6.45, 7) is 13.6. The molecule has 1 saturated heterocycles. The summed E-state index contributed by atoms with van der Waals surface area (Å²) in [6, 6.07) is 0. The van der Waals surface area contributed by atoms with Crippen molar-refractivity contribution in [1.29, 1.82) is 0 Å². The Hall–Kier alpha value is -0.120. The van der Waals surface area contributed by atoms with Crippen LogP contribution in [-0.2, 0) is 4.74 Å². The maximum absolute atomic E-state index is 5.54. The van der Waals surface area contributed by atoms with E-state index in [1.807, 2.05) is 7.11 Å². The molecule has 0 spiro atoms. The summed E-state index contributed by atoms with van der Waals surface area (Å²) < 4.78 is 5.54. The molecule has 0 aromatic heterocycles. The van der Waals surface area contributed by atoms with Crippen molar-refractivity contribution in [3.63, 3.8) is 0 Å². The normalized spacial score (nSPS) is 27.4. The molecule has 3 nitrogen and oxygen atoms in total. The van der Waals surface area contributed by atoms with Crippen molar-refractivity contribution in [2.45, 2.75) is 52.2 Å². The predicted octanol–water partition coefficient (Wildman–Crippen LogP) is 2.12. The topological polar surface area (TPSA) is 24.5 Å². The number of nitrogens with zero attached hydrogens (tertiary/aromatic N) is 1. The third kappa shape index (κ3) is 5.84. The van der Waals surface area contributed by atoms with Gasteiger partial charge in [-0.15, -0.1) is 0 Å². The van der Waals surface area contributed by atoms with Crippen LogP contribution in [0.25, 0.3) is 0 Å². The van der Waals surface area contributed by atoms with E-state index in [1.54, 1.807) is 0 Å². The molecule has 0 aliphatic carbocycles. The first-order valence-electron chi connectivity index (χ1n) is 6.92. The molecule has 3 heteroatoms. The third-order valence-corrected chi connectivity index (χ3v) is 3.58. The highest BCUT2D eigenvalue weighted by atomic mass is 16.5. The zero-order valence-electron chi connectivity index (χ0n) is 12.3. The highest BCUT2D eigenvalue weighted by molar-refractivity contribution is 4.79. The van der Waals surface area contributed by atoms with Gasteiger partial charge in [-0.25, -0.2) is 0 Å². The minimum absolute atomic E-state index is 0.242. The van der Waals surface area contributed by atoms with Crippen LogP contribution in [0, 0.1) is 5.92 Å². The molecule has 0 aromatic rings. The van der Waals surface area contributed by atoms with Crippen LogP contribution in [0.1, 0.15) is 40.5 Å². The van der Waals surface area contributed by atoms with Gasteiger partial charge >= 0.3 is 0 Å². The number of piperidine rings is 1. The Kier molecular flexibility index (Phi) is 5.90. The molecule has 102 valence electrons. The third-order valence-electron chi connectivity index (χ3n) is 3.58. The van der Waals surface area contributed by atoms with Crippen molar-refractivity contribution in [3.8, 4) is 0 Å². The van der Waals surface area contributed by atoms with Crippen molar-refractivity contribution in [3.05, 3.63) is 0 Å². The van der Waals surface area contributed by atoms with E-state index in [1.165, 1.54) is 25.9 Å². The average Bonchev–Trinajstić information content (AvgIpc) is 2.25. The summed E-state index contributed by atoms with van der Waals surface area (Å²) >= 11 is 0. The Labute approximate surface area is 107 Å². The summed E-state index contributed by atoms with van der Waals surface area (Å²) in [4.78, 5) is 2.54. The molecule has 0 saturated carbocycles. The lowest BCUT2D eigenvalue weighted by molar-refractivity contribution is -0.00514. The van der Waals surface area contributed by atoms with Crippen LogP contribution < -0.4 is 5.32 Å². The Balaban J connectivity index is 2.16. The predicted molar refractivity (Wildman–Crippen MR) is 73.4 cm³/mol. The minimum atomic E-state index is 0.242. The summed E-state index contributed by atoms with van der Waals surface area (Å²) in [6.07, 6.45) is 2.92. The van der Waals surface area contributed by atoms with E-state index < -0.39 is 0 Å².